The molecular weight excluding hydrogens is 264 g/mol. The first-order chi connectivity index (χ1) is 10.3. The molecule has 5 heteroatoms. The minimum Gasteiger partial charge on any atom is -0.423 e. The summed E-state index contributed by atoms with van der Waals surface area (Å²) < 4.78 is 5.26. The lowest BCUT2D eigenvalue weighted by Gasteiger charge is -2.45. The van der Waals surface area contributed by atoms with Crippen molar-refractivity contribution < 1.29 is 4.42 Å². The van der Waals surface area contributed by atoms with Crippen molar-refractivity contribution in [3.8, 4) is 11.5 Å². The molecule has 0 saturated carbocycles. The Morgan fingerprint density at radius 1 is 1.29 bits per heavy atom. The lowest BCUT2D eigenvalue weighted by Crippen LogP contribution is -2.53. The SMILES string of the molecule is Cc1cc(-c2nnco2)ccc1NC1CN2CCC1CC2. The van der Waals surface area contributed by atoms with Gasteiger partial charge in [-0.3, -0.25) is 0 Å². The standard InChI is InChI=1S/C16H20N4O/c1-11-8-13(16-19-17-10-21-16)2-3-14(11)18-15-9-20-6-4-12(15)5-7-20/h2-3,8,10,12,15,18H,4-7,9H2,1H3. The summed E-state index contributed by atoms with van der Waals surface area (Å²) in [6.45, 7) is 5.86. The molecule has 1 aromatic heterocycles. The van der Waals surface area contributed by atoms with E-state index >= 15 is 0 Å². The van der Waals surface area contributed by atoms with Crippen molar-refractivity contribution in [1.29, 1.82) is 0 Å². The van der Waals surface area contributed by atoms with Gasteiger partial charge < -0.3 is 14.6 Å². The maximum absolute atomic E-state index is 5.26. The summed E-state index contributed by atoms with van der Waals surface area (Å²) in [6, 6.07) is 6.87. The van der Waals surface area contributed by atoms with Crippen LogP contribution in [0.25, 0.3) is 11.5 Å². The molecule has 3 fully saturated rings. The Morgan fingerprint density at radius 3 is 2.76 bits per heavy atom. The summed E-state index contributed by atoms with van der Waals surface area (Å²) in [5, 5.41) is 11.4. The average molecular weight is 284 g/mol. The van der Waals surface area contributed by atoms with Gasteiger partial charge in [0.2, 0.25) is 12.3 Å². The minimum atomic E-state index is 0.576. The Morgan fingerprint density at radius 2 is 2.14 bits per heavy atom. The van der Waals surface area contributed by atoms with Gasteiger partial charge in [0.15, 0.2) is 0 Å². The molecule has 110 valence electrons. The number of aromatic nitrogens is 2. The zero-order valence-electron chi connectivity index (χ0n) is 12.2. The van der Waals surface area contributed by atoms with Crippen molar-refractivity contribution in [2.45, 2.75) is 25.8 Å². The monoisotopic (exact) mass is 284 g/mol. The average Bonchev–Trinajstić information content (AvgIpc) is 3.05. The van der Waals surface area contributed by atoms with Crippen molar-refractivity contribution in [3.05, 3.63) is 30.2 Å². The van der Waals surface area contributed by atoms with E-state index in [2.05, 4.69) is 39.5 Å². The molecule has 1 N–H and O–H groups in total. The van der Waals surface area contributed by atoms with Crippen LogP contribution in [0.2, 0.25) is 0 Å². The molecule has 4 heterocycles. The maximum atomic E-state index is 5.26. The molecule has 5 rings (SSSR count). The second-order valence-electron chi connectivity index (χ2n) is 6.16. The van der Waals surface area contributed by atoms with Gasteiger partial charge in [-0.1, -0.05) is 0 Å². The van der Waals surface area contributed by atoms with Gasteiger partial charge in [-0.25, -0.2) is 0 Å². The Kier molecular flexibility index (Phi) is 3.15. The number of rotatable bonds is 3. The van der Waals surface area contributed by atoms with Crippen molar-refractivity contribution in [2.24, 2.45) is 5.92 Å². The highest BCUT2D eigenvalue weighted by Crippen LogP contribution is 2.31. The second-order valence-corrected chi connectivity index (χ2v) is 6.16. The third kappa shape index (κ3) is 2.42. The molecule has 1 aromatic carbocycles. The Hall–Kier alpha value is -1.88. The molecule has 2 aromatic rings. The van der Waals surface area contributed by atoms with E-state index in [1.807, 2.05) is 6.07 Å². The number of nitrogens with one attached hydrogen (secondary N) is 1. The molecule has 2 bridgehead atoms. The van der Waals surface area contributed by atoms with Gasteiger partial charge in [0.25, 0.3) is 0 Å². The summed E-state index contributed by atoms with van der Waals surface area (Å²) in [5.41, 5.74) is 3.42. The molecule has 0 spiro atoms. The number of hydrogen-bond donors (Lipinski definition) is 1. The van der Waals surface area contributed by atoms with Crippen LogP contribution < -0.4 is 5.32 Å². The van der Waals surface area contributed by atoms with Gasteiger partial charge in [-0.15, -0.1) is 10.2 Å². The van der Waals surface area contributed by atoms with Crippen molar-refractivity contribution >= 4 is 5.69 Å². The summed E-state index contributed by atoms with van der Waals surface area (Å²) in [6.07, 6.45) is 4.03. The maximum Gasteiger partial charge on any atom is 0.247 e. The molecule has 0 radical (unpaired) electrons. The summed E-state index contributed by atoms with van der Waals surface area (Å²) >= 11 is 0. The van der Waals surface area contributed by atoms with Crippen LogP contribution in [0.4, 0.5) is 5.69 Å². The van der Waals surface area contributed by atoms with Crippen LogP contribution in [-0.4, -0.2) is 40.8 Å². The highest BCUT2D eigenvalue weighted by atomic mass is 16.4. The minimum absolute atomic E-state index is 0.576. The van der Waals surface area contributed by atoms with E-state index in [-0.39, 0.29) is 0 Å². The molecule has 3 aliphatic rings. The number of anilines is 1. The van der Waals surface area contributed by atoms with Crippen LogP contribution in [0.5, 0.6) is 0 Å². The predicted molar refractivity (Wildman–Crippen MR) is 81.0 cm³/mol. The second kappa shape index (κ2) is 5.15. The fourth-order valence-electron chi connectivity index (χ4n) is 3.59. The molecule has 0 aliphatic carbocycles. The van der Waals surface area contributed by atoms with E-state index in [0.29, 0.717) is 11.9 Å². The van der Waals surface area contributed by atoms with Crippen molar-refractivity contribution in [1.82, 2.24) is 15.1 Å². The van der Waals surface area contributed by atoms with Crippen LogP contribution in [-0.2, 0) is 0 Å². The topological polar surface area (TPSA) is 54.2 Å². The first-order valence-corrected chi connectivity index (χ1v) is 7.66. The number of fused-ring (bicyclic) bond motifs is 3. The normalized spacial score (nSPS) is 27.8. The summed E-state index contributed by atoms with van der Waals surface area (Å²) in [5.74, 6) is 1.40. The summed E-state index contributed by atoms with van der Waals surface area (Å²) in [4.78, 5) is 2.57. The van der Waals surface area contributed by atoms with Gasteiger partial charge in [0.1, 0.15) is 0 Å². The van der Waals surface area contributed by atoms with Gasteiger partial charge in [-0.05, 0) is 62.5 Å². The highest BCUT2D eigenvalue weighted by molar-refractivity contribution is 5.62. The first-order valence-electron chi connectivity index (χ1n) is 7.66. The van der Waals surface area contributed by atoms with Gasteiger partial charge in [0, 0.05) is 23.8 Å². The van der Waals surface area contributed by atoms with Crippen LogP contribution in [0.1, 0.15) is 18.4 Å². The highest BCUT2D eigenvalue weighted by Gasteiger charge is 2.34. The number of aryl methyl sites for hydroxylation is 1. The van der Waals surface area contributed by atoms with E-state index in [4.69, 9.17) is 4.42 Å². The van der Waals surface area contributed by atoms with Gasteiger partial charge in [-0.2, -0.15) is 0 Å². The molecule has 1 atom stereocenters. The Bertz CT molecular complexity index is 617. The van der Waals surface area contributed by atoms with Crippen LogP contribution >= 0.6 is 0 Å². The lowest BCUT2D eigenvalue weighted by atomic mass is 9.84. The molecule has 21 heavy (non-hydrogen) atoms. The van der Waals surface area contributed by atoms with E-state index in [0.717, 1.165) is 11.5 Å². The quantitative estimate of drug-likeness (QED) is 0.938. The van der Waals surface area contributed by atoms with Crippen LogP contribution in [0.3, 0.4) is 0 Å². The number of piperidine rings is 3. The zero-order valence-corrected chi connectivity index (χ0v) is 12.2. The van der Waals surface area contributed by atoms with Crippen LogP contribution in [0, 0.1) is 12.8 Å². The van der Waals surface area contributed by atoms with E-state index in [1.165, 1.54) is 50.1 Å². The van der Waals surface area contributed by atoms with Crippen molar-refractivity contribution in [3.63, 3.8) is 0 Å². The smallest absolute Gasteiger partial charge is 0.247 e. The Labute approximate surface area is 124 Å². The number of nitrogens with zero attached hydrogens (tertiary/aromatic N) is 3. The van der Waals surface area contributed by atoms with Crippen molar-refractivity contribution in [2.75, 3.05) is 25.0 Å². The first kappa shape index (κ1) is 12.8. The van der Waals surface area contributed by atoms with Gasteiger partial charge >= 0.3 is 0 Å². The van der Waals surface area contributed by atoms with Gasteiger partial charge in [0.05, 0.1) is 0 Å². The van der Waals surface area contributed by atoms with E-state index in [1.54, 1.807) is 0 Å². The van der Waals surface area contributed by atoms with E-state index in [9.17, 15) is 0 Å². The molecule has 0 amide bonds. The number of hydrogen-bond acceptors (Lipinski definition) is 5. The predicted octanol–water partition coefficient (Wildman–Crippen LogP) is 2.55. The molecule has 1 unspecified atom stereocenters. The fraction of sp³-hybridized carbons (Fsp3) is 0.500. The number of benzene rings is 1. The largest absolute Gasteiger partial charge is 0.423 e. The molecule has 5 nitrogen and oxygen atoms in total. The molecule has 3 saturated heterocycles. The third-order valence-electron chi connectivity index (χ3n) is 4.83. The Balaban J connectivity index is 1.53. The fourth-order valence-corrected chi connectivity index (χ4v) is 3.59. The lowest BCUT2D eigenvalue weighted by molar-refractivity contribution is 0.0975. The third-order valence-corrected chi connectivity index (χ3v) is 4.83. The van der Waals surface area contributed by atoms with Crippen LogP contribution in [0.15, 0.2) is 29.0 Å². The zero-order chi connectivity index (χ0) is 14.2. The van der Waals surface area contributed by atoms with E-state index < -0.39 is 0 Å². The summed E-state index contributed by atoms with van der Waals surface area (Å²) in [7, 11) is 0. The molecular formula is C16H20N4O. The molecule has 3 aliphatic heterocycles.